The number of nitrogens with zero attached hydrogens (tertiary/aromatic N) is 4. The Labute approximate surface area is 111 Å². The fourth-order valence-electron chi connectivity index (χ4n) is 1.73. The first-order chi connectivity index (χ1) is 8.50. The van der Waals surface area contributed by atoms with Crippen molar-refractivity contribution >= 4 is 33.3 Å². The molecule has 1 aromatic heterocycles. The Morgan fingerprint density at radius 3 is 2.72 bits per heavy atom. The van der Waals surface area contributed by atoms with Crippen LogP contribution in [-0.4, -0.2) is 55.0 Å². The van der Waals surface area contributed by atoms with Crippen LogP contribution in [0.4, 0.5) is 11.9 Å². The van der Waals surface area contributed by atoms with Gasteiger partial charge in [0.1, 0.15) is 0 Å². The lowest BCUT2D eigenvalue weighted by Gasteiger charge is -2.19. The van der Waals surface area contributed by atoms with Crippen molar-refractivity contribution in [3.8, 4) is 0 Å². The molecule has 0 aliphatic carbocycles. The average molecular weight is 292 g/mol. The monoisotopic (exact) mass is 291 g/mol. The first-order valence-corrected chi connectivity index (χ1v) is 7.75. The number of sulfone groups is 1. The quantitative estimate of drug-likeness (QED) is 0.832. The van der Waals surface area contributed by atoms with E-state index < -0.39 is 9.84 Å². The van der Waals surface area contributed by atoms with E-state index in [2.05, 4.69) is 20.3 Å². The van der Waals surface area contributed by atoms with Crippen LogP contribution < -0.4 is 10.2 Å². The molecule has 1 fully saturated rings. The van der Waals surface area contributed by atoms with Gasteiger partial charge in [-0.1, -0.05) is 0 Å². The molecule has 1 aliphatic heterocycles. The standard InChI is InChI=1S/C9H14ClN5O2S/c1-11-8-12-7(10)13-9(14-8)15-3-2-5-18(16,17)6-4-15/h2-6H2,1H3,(H,11,12,13,14). The van der Waals surface area contributed by atoms with Crippen molar-refractivity contribution < 1.29 is 8.42 Å². The SMILES string of the molecule is CNc1nc(Cl)nc(N2CCCS(=O)(=O)CC2)n1. The number of hydrogen-bond donors (Lipinski definition) is 1. The van der Waals surface area contributed by atoms with E-state index in [-0.39, 0.29) is 16.8 Å². The van der Waals surface area contributed by atoms with Crippen LogP contribution in [0.25, 0.3) is 0 Å². The third-order valence-electron chi connectivity index (χ3n) is 2.66. The number of rotatable bonds is 2. The van der Waals surface area contributed by atoms with Gasteiger partial charge in [-0.25, -0.2) is 8.42 Å². The lowest BCUT2D eigenvalue weighted by atomic mass is 10.4. The minimum Gasteiger partial charge on any atom is -0.357 e. The van der Waals surface area contributed by atoms with Crippen LogP contribution in [0, 0.1) is 0 Å². The molecule has 0 bridgehead atoms. The second-order valence-corrected chi connectivity index (χ2v) is 6.61. The minimum absolute atomic E-state index is 0.0939. The fourth-order valence-corrected chi connectivity index (χ4v) is 3.16. The molecule has 0 atom stereocenters. The van der Waals surface area contributed by atoms with Crippen molar-refractivity contribution in [1.82, 2.24) is 15.0 Å². The molecule has 1 aliphatic rings. The maximum Gasteiger partial charge on any atom is 0.231 e. The van der Waals surface area contributed by atoms with Gasteiger partial charge in [0.05, 0.1) is 11.5 Å². The molecule has 0 unspecified atom stereocenters. The second-order valence-electron chi connectivity index (χ2n) is 3.97. The highest BCUT2D eigenvalue weighted by molar-refractivity contribution is 7.91. The van der Waals surface area contributed by atoms with Crippen molar-refractivity contribution in [2.45, 2.75) is 6.42 Å². The first-order valence-electron chi connectivity index (χ1n) is 5.55. The topological polar surface area (TPSA) is 88.1 Å². The predicted molar refractivity (Wildman–Crippen MR) is 69.9 cm³/mol. The van der Waals surface area contributed by atoms with Gasteiger partial charge in [-0.3, -0.25) is 0 Å². The van der Waals surface area contributed by atoms with Crippen molar-refractivity contribution in [3.63, 3.8) is 0 Å². The predicted octanol–water partition coefficient (Wildman–Crippen LogP) is 0.192. The summed E-state index contributed by atoms with van der Waals surface area (Å²) in [6.07, 6.45) is 0.570. The van der Waals surface area contributed by atoms with E-state index in [1.807, 2.05) is 4.90 Å². The van der Waals surface area contributed by atoms with Gasteiger partial charge in [0.25, 0.3) is 0 Å². The molecule has 2 rings (SSSR count). The average Bonchev–Trinajstić information content (AvgIpc) is 2.49. The summed E-state index contributed by atoms with van der Waals surface area (Å²) < 4.78 is 23.0. The molecule has 2 heterocycles. The number of aromatic nitrogens is 3. The van der Waals surface area contributed by atoms with E-state index in [9.17, 15) is 8.42 Å². The van der Waals surface area contributed by atoms with Crippen LogP contribution in [-0.2, 0) is 9.84 Å². The third-order valence-corrected chi connectivity index (χ3v) is 4.54. The molecule has 18 heavy (non-hydrogen) atoms. The van der Waals surface area contributed by atoms with Gasteiger partial charge < -0.3 is 10.2 Å². The van der Waals surface area contributed by atoms with Crippen LogP contribution in [0.3, 0.4) is 0 Å². The Kier molecular flexibility index (Phi) is 3.86. The molecule has 1 N–H and O–H groups in total. The summed E-state index contributed by atoms with van der Waals surface area (Å²) in [5.74, 6) is 1.11. The van der Waals surface area contributed by atoms with Crippen molar-refractivity contribution in [3.05, 3.63) is 5.28 Å². The number of nitrogens with one attached hydrogen (secondary N) is 1. The summed E-state index contributed by atoms with van der Waals surface area (Å²) >= 11 is 5.80. The van der Waals surface area contributed by atoms with Gasteiger partial charge in [-0.15, -0.1) is 0 Å². The van der Waals surface area contributed by atoms with E-state index in [1.165, 1.54) is 0 Å². The Balaban J connectivity index is 2.23. The molecule has 100 valence electrons. The van der Waals surface area contributed by atoms with Gasteiger partial charge in [0, 0.05) is 20.1 Å². The first kappa shape index (κ1) is 13.3. The van der Waals surface area contributed by atoms with Crippen molar-refractivity contribution in [2.75, 3.05) is 41.9 Å². The van der Waals surface area contributed by atoms with Gasteiger partial charge in [-0.2, -0.15) is 15.0 Å². The van der Waals surface area contributed by atoms with Crippen LogP contribution in [0.1, 0.15) is 6.42 Å². The minimum atomic E-state index is -2.95. The number of anilines is 2. The van der Waals surface area contributed by atoms with Crippen LogP contribution in [0.15, 0.2) is 0 Å². The van der Waals surface area contributed by atoms with Gasteiger partial charge in [0.15, 0.2) is 9.84 Å². The van der Waals surface area contributed by atoms with E-state index in [0.717, 1.165) is 0 Å². The second kappa shape index (κ2) is 5.23. The van der Waals surface area contributed by atoms with Crippen LogP contribution in [0.5, 0.6) is 0 Å². The summed E-state index contributed by atoms with van der Waals surface area (Å²) in [6.45, 7) is 0.981. The summed E-state index contributed by atoms with van der Waals surface area (Å²) in [5.41, 5.74) is 0. The zero-order valence-electron chi connectivity index (χ0n) is 9.93. The molecular formula is C9H14ClN5O2S. The lowest BCUT2D eigenvalue weighted by molar-refractivity contribution is 0.597. The Morgan fingerprint density at radius 1 is 1.22 bits per heavy atom. The molecule has 1 saturated heterocycles. The van der Waals surface area contributed by atoms with Crippen molar-refractivity contribution in [1.29, 1.82) is 0 Å². The summed E-state index contributed by atoms with van der Waals surface area (Å²) in [6, 6.07) is 0. The van der Waals surface area contributed by atoms with E-state index in [1.54, 1.807) is 7.05 Å². The largest absolute Gasteiger partial charge is 0.357 e. The summed E-state index contributed by atoms with van der Waals surface area (Å²) in [7, 11) is -1.26. The van der Waals surface area contributed by atoms with E-state index >= 15 is 0 Å². The highest BCUT2D eigenvalue weighted by atomic mass is 35.5. The Morgan fingerprint density at radius 2 is 2.00 bits per heavy atom. The van der Waals surface area contributed by atoms with E-state index in [0.29, 0.717) is 31.4 Å². The number of halogens is 1. The molecule has 1 aromatic rings. The maximum absolute atomic E-state index is 11.5. The fraction of sp³-hybridized carbons (Fsp3) is 0.667. The van der Waals surface area contributed by atoms with Crippen LogP contribution in [0.2, 0.25) is 5.28 Å². The maximum atomic E-state index is 11.5. The lowest BCUT2D eigenvalue weighted by Crippen LogP contribution is -2.29. The molecule has 9 heteroatoms. The molecule has 0 radical (unpaired) electrons. The third kappa shape index (κ3) is 3.20. The number of hydrogen-bond acceptors (Lipinski definition) is 7. The van der Waals surface area contributed by atoms with E-state index in [4.69, 9.17) is 11.6 Å². The van der Waals surface area contributed by atoms with Gasteiger partial charge >= 0.3 is 0 Å². The molecule has 0 aromatic carbocycles. The van der Waals surface area contributed by atoms with Gasteiger partial charge in [-0.05, 0) is 18.0 Å². The highest BCUT2D eigenvalue weighted by Gasteiger charge is 2.21. The zero-order valence-corrected chi connectivity index (χ0v) is 11.5. The highest BCUT2D eigenvalue weighted by Crippen LogP contribution is 2.16. The van der Waals surface area contributed by atoms with Gasteiger partial charge in [0.2, 0.25) is 17.2 Å². The molecular weight excluding hydrogens is 278 g/mol. The zero-order chi connectivity index (χ0) is 13.2. The van der Waals surface area contributed by atoms with Crippen LogP contribution >= 0.6 is 11.6 Å². The molecule has 0 spiro atoms. The van der Waals surface area contributed by atoms with Crippen molar-refractivity contribution in [2.24, 2.45) is 0 Å². The molecule has 0 amide bonds. The molecule has 7 nitrogen and oxygen atoms in total. The Hall–Kier alpha value is -1.15. The normalized spacial score (nSPS) is 19.3. The summed E-state index contributed by atoms with van der Waals surface area (Å²) in [4.78, 5) is 13.9. The smallest absolute Gasteiger partial charge is 0.231 e. The summed E-state index contributed by atoms with van der Waals surface area (Å²) in [5, 5.41) is 2.88. The Bertz CT molecular complexity index is 536. The molecule has 0 saturated carbocycles.